The zero-order valence-corrected chi connectivity index (χ0v) is 12.2. The highest BCUT2D eigenvalue weighted by atomic mass is 14.9. The van der Waals surface area contributed by atoms with E-state index < -0.39 is 0 Å². The lowest BCUT2D eigenvalue weighted by molar-refractivity contribution is 0.386. The molecule has 0 spiro atoms. The lowest BCUT2D eigenvalue weighted by Gasteiger charge is -2.28. The summed E-state index contributed by atoms with van der Waals surface area (Å²) >= 11 is 0. The van der Waals surface area contributed by atoms with Crippen LogP contribution >= 0.6 is 0 Å². The van der Waals surface area contributed by atoms with Crippen molar-refractivity contribution in [3.05, 3.63) is 23.3 Å². The lowest BCUT2D eigenvalue weighted by Crippen LogP contribution is -2.32. The van der Waals surface area contributed by atoms with Crippen molar-refractivity contribution in [2.45, 2.75) is 64.3 Å². The molecule has 0 saturated heterocycles. The van der Waals surface area contributed by atoms with Crippen LogP contribution in [0.5, 0.6) is 0 Å². The van der Waals surface area contributed by atoms with Gasteiger partial charge in [-0.2, -0.15) is 0 Å². The van der Waals surface area contributed by atoms with Crippen LogP contribution in [0.15, 0.2) is 6.20 Å². The highest BCUT2D eigenvalue weighted by molar-refractivity contribution is 5.22. The molecule has 0 aliphatic heterocycles. The summed E-state index contributed by atoms with van der Waals surface area (Å²) in [6.45, 7) is 5.55. The maximum atomic E-state index is 4.83. The number of aryl methyl sites for hydroxylation is 1. The van der Waals surface area contributed by atoms with E-state index in [0.29, 0.717) is 12.0 Å². The molecule has 0 bridgehead atoms. The third-order valence-corrected chi connectivity index (χ3v) is 4.56. The van der Waals surface area contributed by atoms with Crippen LogP contribution in [0.2, 0.25) is 0 Å². The highest BCUT2D eigenvalue weighted by Gasteiger charge is 2.25. The fourth-order valence-electron chi connectivity index (χ4n) is 3.04. The first-order valence-corrected chi connectivity index (χ1v) is 7.80. The van der Waals surface area contributed by atoms with Crippen LogP contribution in [0, 0.1) is 5.92 Å². The second-order valence-corrected chi connectivity index (χ2v) is 6.50. The molecule has 3 heteroatoms. The average molecular weight is 259 g/mol. The number of hydrogen-bond acceptors (Lipinski definition) is 3. The van der Waals surface area contributed by atoms with Gasteiger partial charge in [-0.1, -0.05) is 20.3 Å². The van der Waals surface area contributed by atoms with Gasteiger partial charge in [-0.05, 0) is 50.1 Å². The van der Waals surface area contributed by atoms with E-state index >= 15 is 0 Å². The summed E-state index contributed by atoms with van der Waals surface area (Å²) < 4.78 is 0. The third kappa shape index (κ3) is 2.97. The average Bonchev–Trinajstić information content (AvgIpc) is 2.34. The monoisotopic (exact) mass is 259 g/mol. The normalized spacial score (nSPS) is 23.2. The SMILES string of the molecule is CC(C)NCC1CCc2nc(C3CCC3)ncc2C1. The van der Waals surface area contributed by atoms with Gasteiger partial charge in [-0.3, -0.25) is 0 Å². The van der Waals surface area contributed by atoms with E-state index in [4.69, 9.17) is 4.98 Å². The van der Waals surface area contributed by atoms with Crippen LogP contribution < -0.4 is 5.32 Å². The first-order chi connectivity index (χ1) is 9.22. The molecule has 19 heavy (non-hydrogen) atoms. The molecule has 0 radical (unpaired) electrons. The maximum absolute atomic E-state index is 4.83. The highest BCUT2D eigenvalue weighted by Crippen LogP contribution is 2.35. The Morgan fingerprint density at radius 2 is 2.16 bits per heavy atom. The van der Waals surface area contributed by atoms with Gasteiger partial charge in [0.25, 0.3) is 0 Å². The molecule has 1 aromatic rings. The number of aromatic nitrogens is 2. The first kappa shape index (κ1) is 13.0. The predicted octanol–water partition coefficient (Wildman–Crippen LogP) is 2.85. The topological polar surface area (TPSA) is 37.8 Å². The van der Waals surface area contributed by atoms with Crippen LogP contribution in [0.25, 0.3) is 0 Å². The van der Waals surface area contributed by atoms with Gasteiger partial charge in [-0.25, -0.2) is 9.97 Å². The van der Waals surface area contributed by atoms with Gasteiger partial charge >= 0.3 is 0 Å². The van der Waals surface area contributed by atoms with E-state index in [-0.39, 0.29) is 0 Å². The van der Waals surface area contributed by atoms with E-state index in [1.54, 1.807) is 0 Å². The molecule has 104 valence electrons. The van der Waals surface area contributed by atoms with Gasteiger partial charge in [0.1, 0.15) is 5.82 Å². The Bertz CT molecular complexity index is 438. The van der Waals surface area contributed by atoms with Gasteiger partial charge in [0, 0.05) is 23.9 Å². The molecule has 3 rings (SSSR count). The molecule has 1 aromatic heterocycles. The molecule has 2 aliphatic rings. The number of nitrogens with zero attached hydrogens (tertiary/aromatic N) is 2. The van der Waals surface area contributed by atoms with Crippen LogP contribution in [-0.4, -0.2) is 22.6 Å². The van der Waals surface area contributed by atoms with Crippen molar-refractivity contribution in [3.63, 3.8) is 0 Å². The molecule has 0 amide bonds. The predicted molar refractivity (Wildman–Crippen MR) is 77.3 cm³/mol. The van der Waals surface area contributed by atoms with Crippen molar-refractivity contribution in [3.8, 4) is 0 Å². The van der Waals surface area contributed by atoms with Gasteiger partial charge in [0.15, 0.2) is 0 Å². The van der Waals surface area contributed by atoms with Gasteiger partial charge in [0.05, 0.1) is 0 Å². The summed E-state index contributed by atoms with van der Waals surface area (Å²) in [5.41, 5.74) is 2.72. The zero-order chi connectivity index (χ0) is 13.2. The Labute approximate surface area is 116 Å². The second kappa shape index (κ2) is 5.58. The second-order valence-electron chi connectivity index (χ2n) is 6.50. The summed E-state index contributed by atoms with van der Waals surface area (Å²) in [6.07, 6.45) is 9.61. The molecule has 2 aliphatic carbocycles. The lowest BCUT2D eigenvalue weighted by atomic mass is 9.83. The Balaban J connectivity index is 1.65. The quantitative estimate of drug-likeness (QED) is 0.903. The Kier molecular flexibility index (Phi) is 3.83. The molecule has 1 atom stereocenters. The summed E-state index contributed by atoms with van der Waals surface area (Å²) in [5.74, 6) is 2.53. The van der Waals surface area contributed by atoms with Gasteiger partial charge < -0.3 is 5.32 Å². The number of fused-ring (bicyclic) bond motifs is 1. The van der Waals surface area contributed by atoms with Gasteiger partial charge in [0.2, 0.25) is 0 Å². The fourth-order valence-corrected chi connectivity index (χ4v) is 3.04. The van der Waals surface area contributed by atoms with Crippen LogP contribution in [0.3, 0.4) is 0 Å². The summed E-state index contributed by atoms with van der Waals surface area (Å²) in [5, 5.41) is 3.55. The molecule has 1 unspecified atom stereocenters. The Hall–Kier alpha value is -0.960. The molecule has 1 saturated carbocycles. The minimum absolute atomic E-state index is 0.582. The number of nitrogens with one attached hydrogen (secondary N) is 1. The smallest absolute Gasteiger partial charge is 0.131 e. The summed E-state index contributed by atoms with van der Waals surface area (Å²) in [6, 6.07) is 0.582. The van der Waals surface area contributed by atoms with Crippen LogP contribution in [0.1, 0.15) is 62.5 Å². The van der Waals surface area contributed by atoms with E-state index in [1.165, 1.54) is 36.9 Å². The maximum Gasteiger partial charge on any atom is 0.131 e. The standard InChI is InChI=1S/C16H25N3/c1-11(2)17-9-12-6-7-15-14(8-12)10-18-16(19-15)13-4-3-5-13/h10-13,17H,3-9H2,1-2H3. The van der Waals surface area contributed by atoms with E-state index in [9.17, 15) is 0 Å². The van der Waals surface area contributed by atoms with E-state index in [0.717, 1.165) is 31.1 Å². The molecular formula is C16H25N3. The van der Waals surface area contributed by atoms with Crippen molar-refractivity contribution in [2.24, 2.45) is 5.92 Å². The van der Waals surface area contributed by atoms with Crippen molar-refractivity contribution >= 4 is 0 Å². The van der Waals surface area contributed by atoms with Crippen LogP contribution in [0.4, 0.5) is 0 Å². The zero-order valence-electron chi connectivity index (χ0n) is 12.2. The minimum Gasteiger partial charge on any atom is -0.314 e. The molecule has 3 nitrogen and oxygen atoms in total. The van der Waals surface area contributed by atoms with E-state index in [1.807, 2.05) is 0 Å². The van der Waals surface area contributed by atoms with Crippen molar-refractivity contribution in [2.75, 3.05) is 6.54 Å². The van der Waals surface area contributed by atoms with Crippen LogP contribution in [-0.2, 0) is 12.8 Å². The minimum atomic E-state index is 0.582. The number of hydrogen-bond donors (Lipinski definition) is 1. The molecule has 1 fully saturated rings. The Morgan fingerprint density at radius 1 is 1.32 bits per heavy atom. The first-order valence-electron chi connectivity index (χ1n) is 7.80. The number of rotatable bonds is 4. The van der Waals surface area contributed by atoms with Gasteiger partial charge in [-0.15, -0.1) is 0 Å². The van der Waals surface area contributed by atoms with Crippen molar-refractivity contribution in [1.29, 1.82) is 0 Å². The molecular weight excluding hydrogens is 234 g/mol. The van der Waals surface area contributed by atoms with Crippen molar-refractivity contribution < 1.29 is 0 Å². The van der Waals surface area contributed by atoms with E-state index in [2.05, 4.69) is 30.3 Å². The van der Waals surface area contributed by atoms with Crippen molar-refractivity contribution in [1.82, 2.24) is 15.3 Å². The molecule has 1 heterocycles. The summed E-state index contributed by atoms with van der Waals surface area (Å²) in [4.78, 5) is 9.45. The third-order valence-electron chi connectivity index (χ3n) is 4.56. The Morgan fingerprint density at radius 3 is 2.84 bits per heavy atom. The fraction of sp³-hybridized carbons (Fsp3) is 0.750. The molecule has 0 aromatic carbocycles. The molecule has 1 N–H and O–H groups in total. The largest absolute Gasteiger partial charge is 0.314 e. The summed E-state index contributed by atoms with van der Waals surface area (Å²) in [7, 11) is 0.